The smallest absolute Gasteiger partial charge is 0.481 e. The zero-order chi connectivity index (χ0) is 12.3. The molecule has 0 spiro atoms. The standard InChI is InChI=1S/C8H10F3N3O2/c1-15-7-4(3-12)2-5(6(13)14-7)16-8(9,10)11/h2H,3,12H2,1H3,(H2,13,14). The maximum Gasteiger partial charge on any atom is 0.573 e. The minimum absolute atomic E-state index is 0.0370. The molecule has 1 heterocycles. The molecule has 16 heavy (non-hydrogen) atoms. The van der Waals surface area contributed by atoms with E-state index in [2.05, 4.69) is 9.72 Å². The highest BCUT2D eigenvalue weighted by Crippen LogP contribution is 2.31. The maximum atomic E-state index is 12.0. The molecule has 8 heteroatoms. The van der Waals surface area contributed by atoms with Gasteiger partial charge in [-0.05, 0) is 6.07 Å². The highest BCUT2D eigenvalue weighted by Gasteiger charge is 2.32. The predicted octanol–water partition coefficient (Wildman–Crippen LogP) is 1.03. The zero-order valence-electron chi connectivity index (χ0n) is 8.34. The first-order valence-corrected chi connectivity index (χ1v) is 4.16. The van der Waals surface area contributed by atoms with Crippen molar-refractivity contribution in [1.82, 2.24) is 4.98 Å². The Bertz CT molecular complexity index is 382. The van der Waals surface area contributed by atoms with E-state index in [0.717, 1.165) is 6.07 Å². The van der Waals surface area contributed by atoms with Crippen LogP contribution in [0.5, 0.6) is 11.6 Å². The molecule has 0 saturated heterocycles. The molecule has 1 aromatic rings. The number of nitrogen functional groups attached to an aromatic ring is 1. The van der Waals surface area contributed by atoms with Gasteiger partial charge >= 0.3 is 6.36 Å². The average Bonchev–Trinajstić information content (AvgIpc) is 2.18. The molecule has 0 saturated carbocycles. The average molecular weight is 237 g/mol. The number of anilines is 1. The Labute approximate surface area is 89.1 Å². The van der Waals surface area contributed by atoms with Crippen LogP contribution in [0.4, 0.5) is 19.0 Å². The van der Waals surface area contributed by atoms with Gasteiger partial charge < -0.3 is 20.9 Å². The Morgan fingerprint density at radius 3 is 2.50 bits per heavy atom. The second kappa shape index (κ2) is 4.44. The summed E-state index contributed by atoms with van der Waals surface area (Å²) < 4.78 is 44.4. The van der Waals surface area contributed by atoms with Gasteiger partial charge in [-0.25, -0.2) is 0 Å². The second-order valence-electron chi connectivity index (χ2n) is 2.79. The molecule has 0 unspecified atom stereocenters. The minimum atomic E-state index is -4.82. The summed E-state index contributed by atoms with van der Waals surface area (Å²) >= 11 is 0. The molecule has 0 aliphatic carbocycles. The minimum Gasteiger partial charge on any atom is -0.481 e. The summed E-state index contributed by atoms with van der Waals surface area (Å²) in [4.78, 5) is 3.60. The number of hydrogen-bond donors (Lipinski definition) is 2. The Balaban J connectivity index is 3.11. The van der Waals surface area contributed by atoms with Crippen LogP contribution in [0.3, 0.4) is 0 Å². The first-order chi connectivity index (χ1) is 7.37. The number of aromatic nitrogens is 1. The van der Waals surface area contributed by atoms with Crippen molar-refractivity contribution in [1.29, 1.82) is 0 Å². The van der Waals surface area contributed by atoms with Crippen LogP contribution >= 0.6 is 0 Å². The van der Waals surface area contributed by atoms with E-state index in [1.165, 1.54) is 7.11 Å². The van der Waals surface area contributed by atoms with Crippen LogP contribution in [0.25, 0.3) is 0 Å². The third-order valence-corrected chi connectivity index (χ3v) is 1.69. The number of halogens is 3. The molecule has 1 aromatic heterocycles. The van der Waals surface area contributed by atoms with Crippen molar-refractivity contribution < 1.29 is 22.6 Å². The van der Waals surface area contributed by atoms with Gasteiger partial charge in [-0.15, -0.1) is 13.2 Å². The quantitative estimate of drug-likeness (QED) is 0.820. The highest BCUT2D eigenvalue weighted by molar-refractivity contribution is 5.51. The van der Waals surface area contributed by atoms with E-state index in [-0.39, 0.29) is 18.0 Å². The van der Waals surface area contributed by atoms with E-state index < -0.39 is 17.9 Å². The van der Waals surface area contributed by atoms with Gasteiger partial charge in [0.1, 0.15) is 0 Å². The molecule has 0 amide bonds. The normalized spacial score (nSPS) is 11.3. The highest BCUT2D eigenvalue weighted by atomic mass is 19.4. The summed E-state index contributed by atoms with van der Waals surface area (Å²) in [6.45, 7) is -0.0370. The fraction of sp³-hybridized carbons (Fsp3) is 0.375. The third-order valence-electron chi connectivity index (χ3n) is 1.69. The van der Waals surface area contributed by atoms with E-state index in [1.54, 1.807) is 0 Å². The van der Waals surface area contributed by atoms with Gasteiger partial charge in [0.2, 0.25) is 5.88 Å². The summed E-state index contributed by atoms with van der Waals surface area (Å²) in [6, 6.07) is 1.05. The van der Waals surface area contributed by atoms with E-state index in [4.69, 9.17) is 16.2 Å². The molecular weight excluding hydrogens is 227 g/mol. The van der Waals surface area contributed by atoms with Crippen LogP contribution in [0.1, 0.15) is 5.56 Å². The van der Waals surface area contributed by atoms with Crippen molar-refractivity contribution in [3.63, 3.8) is 0 Å². The summed E-state index contributed by atoms with van der Waals surface area (Å²) in [7, 11) is 1.31. The van der Waals surface area contributed by atoms with Crippen molar-refractivity contribution >= 4 is 5.82 Å². The Hall–Kier alpha value is -1.70. The Kier molecular flexibility index (Phi) is 3.43. The second-order valence-corrected chi connectivity index (χ2v) is 2.79. The maximum absolute atomic E-state index is 12.0. The monoisotopic (exact) mass is 237 g/mol. The summed E-state index contributed by atoms with van der Waals surface area (Å²) in [5.41, 5.74) is 10.9. The molecule has 0 radical (unpaired) electrons. The van der Waals surface area contributed by atoms with Crippen LogP contribution < -0.4 is 20.9 Å². The lowest BCUT2D eigenvalue weighted by Gasteiger charge is -2.13. The topological polar surface area (TPSA) is 83.4 Å². The molecule has 5 nitrogen and oxygen atoms in total. The molecule has 1 rings (SSSR count). The molecule has 90 valence electrons. The SMILES string of the molecule is COc1nc(N)c(OC(F)(F)F)cc1CN. The third kappa shape index (κ3) is 2.89. The van der Waals surface area contributed by atoms with Gasteiger partial charge in [-0.2, -0.15) is 4.98 Å². The summed E-state index contributed by atoms with van der Waals surface area (Å²) in [6.07, 6.45) is -4.82. The van der Waals surface area contributed by atoms with Gasteiger partial charge in [0.25, 0.3) is 0 Å². The van der Waals surface area contributed by atoms with E-state index in [1.807, 2.05) is 0 Å². The summed E-state index contributed by atoms with van der Waals surface area (Å²) in [5, 5.41) is 0. The Morgan fingerprint density at radius 1 is 1.44 bits per heavy atom. The largest absolute Gasteiger partial charge is 0.573 e. The van der Waals surface area contributed by atoms with Crippen LogP contribution in [0.15, 0.2) is 6.07 Å². The number of nitrogens with zero attached hydrogens (tertiary/aromatic N) is 1. The number of rotatable bonds is 3. The van der Waals surface area contributed by atoms with Crippen LogP contribution in [-0.2, 0) is 6.54 Å². The molecule has 0 fully saturated rings. The van der Waals surface area contributed by atoms with Crippen molar-refractivity contribution in [2.75, 3.05) is 12.8 Å². The predicted molar refractivity (Wildman–Crippen MR) is 49.8 cm³/mol. The van der Waals surface area contributed by atoms with E-state index in [9.17, 15) is 13.2 Å². The fourth-order valence-electron chi connectivity index (χ4n) is 1.06. The van der Waals surface area contributed by atoms with Crippen molar-refractivity contribution in [2.24, 2.45) is 5.73 Å². The van der Waals surface area contributed by atoms with Gasteiger partial charge in [0, 0.05) is 12.1 Å². The fourth-order valence-corrected chi connectivity index (χ4v) is 1.06. The van der Waals surface area contributed by atoms with Crippen molar-refractivity contribution in [3.05, 3.63) is 11.6 Å². The lowest BCUT2D eigenvalue weighted by Crippen LogP contribution is -2.19. The van der Waals surface area contributed by atoms with Gasteiger partial charge in [-0.3, -0.25) is 0 Å². The summed E-state index contributed by atoms with van der Waals surface area (Å²) in [5.74, 6) is -0.922. The number of ether oxygens (including phenoxy) is 2. The number of hydrogen-bond acceptors (Lipinski definition) is 5. The number of methoxy groups -OCH3 is 1. The molecule has 4 N–H and O–H groups in total. The molecule has 0 aliphatic rings. The van der Waals surface area contributed by atoms with Gasteiger partial charge in [-0.1, -0.05) is 0 Å². The molecule has 0 bridgehead atoms. The van der Waals surface area contributed by atoms with Crippen molar-refractivity contribution in [2.45, 2.75) is 12.9 Å². The molecular formula is C8H10F3N3O2. The molecule has 0 atom stereocenters. The molecule has 0 aliphatic heterocycles. The van der Waals surface area contributed by atoms with E-state index >= 15 is 0 Å². The van der Waals surface area contributed by atoms with Crippen LogP contribution in [0.2, 0.25) is 0 Å². The van der Waals surface area contributed by atoms with Crippen LogP contribution in [0, 0.1) is 0 Å². The Morgan fingerprint density at radius 2 is 2.06 bits per heavy atom. The first-order valence-electron chi connectivity index (χ1n) is 4.16. The number of pyridine rings is 1. The van der Waals surface area contributed by atoms with Crippen LogP contribution in [-0.4, -0.2) is 18.5 Å². The van der Waals surface area contributed by atoms with Gasteiger partial charge in [0.05, 0.1) is 7.11 Å². The number of alkyl halides is 3. The van der Waals surface area contributed by atoms with Crippen molar-refractivity contribution in [3.8, 4) is 11.6 Å². The molecule has 0 aromatic carbocycles. The first kappa shape index (κ1) is 12.4. The van der Waals surface area contributed by atoms with E-state index in [0.29, 0.717) is 0 Å². The zero-order valence-corrected chi connectivity index (χ0v) is 8.34. The van der Waals surface area contributed by atoms with Gasteiger partial charge in [0.15, 0.2) is 11.6 Å². The lowest BCUT2D eigenvalue weighted by atomic mass is 10.2. The lowest BCUT2D eigenvalue weighted by molar-refractivity contribution is -0.274. The number of nitrogens with two attached hydrogens (primary N) is 2.